The van der Waals surface area contributed by atoms with Crippen LogP contribution in [0.4, 0.5) is 11.4 Å². The number of para-hydroxylation sites is 1. The van der Waals surface area contributed by atoms with Crippen molar-refractivity contribution in [3.05, 3.63) is 28.3 Å². The molecule has 0 aliphatic heterocycles. The van der Waals surface area contributed by atoms with Gasteiger partial charge in [0.25, 0.3) is 5.69 Å². The Bertz CT molecular complexity index is 473. The highest BCUT2D eigenvalue weighted by Crippen LogP contribution is 2.36. The molecule has 0 aromatic heterocycles. The quantitative estimate of drug-likeness (QED) is 0.345. The monoisotopic (exact) mass is 263 g/mol. The Balaban J connectivity index is 3.09. The summed E-state index contributed by atoms with van der Waals surface area (Å²) in [4.78, 5) is 27.2. The number of hydrogen-bond donors (Lipinski definition) is 4. The van der Waals surface area contributed by atoms with Crippen LogP contribution in [-0.4, -0.2) is 21.8 Å². The average Bonchev–Trinajstić information content (AvgIpc) is 2.24. The van der Waals surface area contributed by atoms with Crippen molar-refractivity contribution >= 4 is 19.1 Å². The Morgan fingerprint density at radius 3 is 2.59 bits per heavy atom. The lowest BCUT2D eigenvalue weighted by atomic mass is 10.2. The lowest BCUT2D eigenvalue weighted by molar-refractivity contribution is -0.384. The van der Waals surface area contributed by atoms with E-state index in [2.05, 4.69) is 5.43 Å². The molecule has 0 atom stereocenters. The SMILES string of the molecule is COc1cccc([N+](=O)[O-])c1NNP(=O)(O)O. The van der Waals surface area contributed by atoms with E-state index in [9.17, 15) is 14.7 Å². The minimum absolute atomic E-state index is 0.0835. The number of nitro benzene ring substituents is 1. The first-order chi connectivity index (χ1) is 7.85. The highest BCUT2D eigenvalue weighted by Gasteiger charge is 2.20. The fourth-order valence-electron chi connectivity index (χ4n) is 1.10. The maximum absolute atomic E-state index is 10.7. The highest BCUT2D eigenvalue weighted by atomic mass is 31.2. The van der Waals surface area contributed by atoms with Gasteiger partial charge >= 0.3 is 7.75 Å². The van der Waals surface area contributed by atoms with E-state index in [4.69, 9.17) is 14.5 Å². The topological polar surface area (TPSA) is 134 Å². The number of rotatable bonds is 5. The molecule has 0 amide bonds. The molecule has 0 spiro atoms. The number of hydrazine groups is 1. The lowest BCUT2D eigenvalue weighted by Crippen LogP contribution is -2.19. The van der Waals surface area contributed by atoms with Crippen LogP contribution in [0, 0.1) is 10.1 Å². The van der Waals surface area contributed by atoms with Crippen molar-refractivity contribution in [1.29, 1.82) is 0 Å². The Kier molecular flexibility index (Phi) is 4.02. The molecule has 9 nitrogen and oxygen atoms in total. The van der Waals surface area contributed by atoms with Crippen LogP contribution in [0.3, 0.4) is 0 Å². The van der Waals surface area contributed by atoms with Crippen molar-refractivity contribution in [2.24, 2.45) is 0 Å². The van der Waals surface area contributed by atoms with E-state index in [1.807, 2.05) is 0 Å². The predicted octanol–water partition coefficient (Wildman–Crippen LogP) is 0.613. The van der Waals surface area contributed by atoms with Gasteiger partial charge in [-0.15, -0.1) is 5.20 Å². The molecule has 1 aromatic carbocycles. The molecule has 0 bridgehead atoms. The van der Waals surface area contributed by atoms with Crippen LogP contribution < -0.4 is 15.4 Å². The number of nitrogens with one attached hydrogen (secondary N) is 2. The van der Waals surface area contributed by atoms with Gasteiger partial charge in [-0.25, -0.2) is 4.57 Å². The molecule has 4 N–H and O–H groups in total. The first-order valence-corrected chi connectivity index (χ1v) is 5.86. The zero-order valence-electron chi connectivity index (χ0n) is 8.65. The number of nitro groups is 1. The third kappa shape index (κ3) is 3.68. The summed E-state index contributed by atoms with van der Waals surface area (Å²) in [5.41, 5.74) is 1.54. The van der Waals surface area contributed by atoms with Crippen LogP contribution >= 0.6 is 7.75 Å². The van der Waals surface area contributed by atoms with Gasteiger partial charge in [-0.1, -0.05) is 6.07 Å². The van der Waals surface area contributed by atoms with E-state index in [1.165, 1.54) is 25.3 Å². The molecule has 0 fully saturated rings. The van der Waals surface area contributed by atoms with E-state index >= 15 is 0 Å². The van der Waals surface area contributed by atoms with Gasteiger partial charge in [0.15, 0.2) is 5.69 Å². The van der Waals surface area contributed by atoms with Gasteiger partial charge in [-0.2, -0.15) is 0 Å². The molecule has 0 aliphatic carbocycles. The molecule has 1 rings (SSSR count). The lowest BCUT2D eigenvalue weighted by Gasteiger charge is -2.12. The molecule has 0 radical (unpaired) electrons. The van der Waals surface area contributed by atoms with E-state index in [-0.39, 0.29) is 17.1 Å². The van der Waals surface area contributed by atoms with Crippen molar-refractivity contribution in [2.45, 2.75) is 0 Å². The Morgan fingerprint density at radius 1 is 1.47 bits per heavy atom. The van der Waals surface area contributed by atoms with Crippen LogP contribution in [0.15, 0.2) is 18.2 Å². The van der Waals surface area contributed by atoms with E-state index in [0.29, 0.717) is 0 Å². The molecule has 0 saturated carbocycles. The van der Waals surface area contributed by atoms with E-state index in [0.717, 1.165) is 0 Å². The normalized spacial score (nSPS) is 11.0. The Hall–Kier alpha value is -1.67. The van der Waals surface area contributed by atoms with Crippen molar-refractivity contribution in [1.82, 2.24) is 5.20 Å². The number of ether oxygens (including phenoxy) is 1. The molecular formula is C7H10N3O6P. The summed E-state index contributed by atoms with van der Waals surface area (Å²) in [5, 5.41) is 12.3. The third-order valence-corrected chi connectivity index (χ3v) is 2.15. The highest BCUT2D eigenvalue weighted by molar-refractivity contribution is 7.49. The van der Waals surface area contributed by atoms with Gasteiger partial charge in [0.05, 0.1) is 12.0 Å². The van der Waals surface area contributed by atoms with E-state index in [1.54, 1.807) is 5.20 Å². The maximum Gasteiger partial charge on any atom is 0.417 e. The summed E-state index contributed by atoms with van der Waals surface area (Å²) >= 11 is 0. The van der Waals surface area contributed by atoms with Crippen molar-refractivity contribution in [3.63, 3.8) is 0 Å². The zero-order valence-corrected chi connectivity index (χ0v) is 9.55. The van der Waals surface area contributed by atoms with Crippen molar-refractivity contribution in [3.8, 4) is 5.75 Å². The summed E-state index contributed by atoms with van der Waals surface area (Å²) in [5.74, 6) is 0.0835. The summed E-state index contributed by atoms with van der Waals surface area (Å²) in [6.07, 6.45) is 0. The summed E-state index contributed by atoms with van der Waals surface area (Å²) < 4.78 is 15.4. The predicted molar refractivity (Wildman–Crippen MR) is 58.5 cm³/mol. The number of nitrogens with zero attached hydrogens (tertiary/aromatic N) is 1. The van der Waals surface area contributed by atoms with Gasteiger partial charge in [0, 0.05) is 6.07 Å². The van der Waals surface area contributed by atoms with Gasteiger partial charge in [0.2, 0.25) is 0 Å². The number of methoxy groups -OCH3 is 1. The second-order valence-electron chi connectivity index (χ2n) is 2.89. The molecule has 17 heavy (non-hydrogen) atoms. The van der Waals surface area contributed by atoms with E-state index < -0.39 is 12.7 Å². The van der Waals surface area contributed by atoms with Crippen LogP contribution in [0.2, 0.25) is 0 Å². The van der Waals surface area contributed by atoms with Crippen LogP contribution in [-0.2, 0) is 4.57 Å². The fourth-order valence-corrected chi connectivity index (χ4v) is 1.35. The molecule has 94 valence electrons. The largest absolute Gasteiger partial charge is 0.494 e. The summed E-state index contributed by atoms with van der Waals surface area (Å²) in [7, 11) is -3.27. The Morgan fingerprint density at radius 2 is 2.12 bits per heavy atom. The fraction of sp³-hybridized carbons (Fsp3) is 0.143. The molecule has 1 aromatic rings. The average molecular weight is 263 g/mol. The first-order valence-electron chi connectivity index (χ1n) is 4.25. The standard InChI is InChI=1S/C7H10N3O6P/c1-16-6-4-2-3-5(10(11)12)7(6)8-9-17(13,14)15/h2-4,8H,1H3,(H3,9,13,14,15). The molecule has 0 heterocycles. The maximum atomic E-state index is 10.7. The van der Waals surface area contributed by atoms with Crippen molar-refractivity contribution < 1.29 is 24.0 Å². The van der Waals surface area contributed by atoms with Gasteiger partial charge < -0.3 is 19.9 Å². The zero-order chi connectivity index (χ0) is 13.1. The van der Waals surface area contributed by atoms with Gasteiger partial charge in [-0.05, 0) is 6.07 Å². The van der Waals surface area contributed by atoms with Gasteiger partial charge in [-0.3, -0.25) is 10.1 Å². The van der Waals surface area contributed by atoms with Crippen LogP contribution in [0.1, 0.15) is 0 Å². The summed E-state index contributed by atoms with van der Waals surface area (Å²) in [6.45, 7) is 0. The second kappa shape index (κ2) is 5.11. The second-order valence-corrected chi connectivity index (χ2v) is 4.20. The van der Waals surface area contributed by atoms with Gasteiger partial charge in [0.1, 0.15) is 5.75 Å². The number of benzene rings is 1. The minimum Gasteiger partial charge on any atom is -0.494 e. The smallest absolute Gasteiger partial charge is 0.417 e. The minimum atomic E-state index is -4.55. The Labute approximate surface area is 95.7 Å². The van der Waals surface area contributed by atoms with Crippen molar-refractivity contribution in [2.75, 3.05) is 12.5 Å². The van der Waals surface area contributed by atoms with Crippen LogP contribution in [0.5, 0.6) is 5.75 Å². The summed E-state index contributed by atoms with van der Waals surface area (Å²) in [6, 6.07) is 3.97. The van der Waals surface area contributed by atoms with Crippen LogP contribution in [0.25, 0.3) is 0 Å². The number of hydrogen-bond acceptors (Lipinski definition) is 5. The third-order valence-electron chi connectivity index (χ3n) is 1.75. The first kappa shape index (κ1) is 13.4. The molecule has 0 saturated heterocycles. The molecule has 0 aliphatic rings. The molecule has 0 unspecified atom stereocenters. The molecular weight excluding hydrogens is 253 g/mol. The molecule has 10 heteroatoms. The number of anilines is 1.